The van der Waals surface area contributed by atoms with Gasteiger partial charge in [-0.15, -0.1) is 0 Å². The fraction of sp³-hybridized carbons (Fsp3) is 0.846. The van der Waals surface area contributed by atoms with Gasteiger partial charge in [-0.3, -0.25) is 9.80 Å². The van der Waals surface area contributed by atoms with Crippen LogP contribution < -0.4 is 0 Å². The number of halogens is 3. The molecule has 0 saturated heterocycles. The molecular formula is C13H21F3N2. The third kappa shape index (κ3) is 3.26. The fourth-order valence-corrected chi connectivity index (χ4v) is 2.66. The van der Waals surface area contributed by atoms with Gasteiger partial charge in [0.15, 0.2) is 0 Å². The van der Waals surface area contributed by atoms with Gasteiger partial charge in [-0.05, 0) is 32.8 Å². The molecule has 0 radical (unpaired) electrons. The van der Waals surface area contributed by atoms with E-state index in [1.54, 1.807) is 0 Å². The predicted molar refractivity (Wildman–Crippen MR) is 65.5 cm³/mol. The van der Waals surface area contributed by atoms with E-state index in [0.29, 0.717) is 13.1 Å². The average molecular weight is 262 g/mol. The molecule has 0 aromatic heterocycles. The van der Waals surface area contributed by atoms with Gasteiger partial charge in [0, 0.05) is 31.7 Å². The van der Waals surface area contributed by atoms with Crippen molar-refractivity contribution in [3.8, 4) is 0 Å². The van der Waals surface area contributed by atoms with E-state index < -0.39 is 12.7 Å². The second-order valence-electron chi connectivity index (χ2n) is 6.31. The molecule has 0 spiro atoms. The van der Waals surface area contributed by atoms with E-state index in [1.165, 1.54) is 16.0 Å². The van der Waals surface area contributed by atoms with E-state index in [9.17, 15) is 13.2 Å². The molecule has 0 fully saturated rings. The quantitative estimate of drug-likeness (QED) is 0.670. The fourth-order valence-electron chi connectivity index (χ4n) is 2.66. The van der Waals surface area contributed by atoms with Crippen molar-refractivity contribution in [2.45, 2.75) is 38.9 Å². The van der Waals surface area contributed by atoms with Crippen molar-refractivity contribution in [3.05, 3.63) is 11.1 Å². The SMILES string of the molecule is CC(C)(C)N1CC2=C(CN(CC(F)(F)F)CC2)C1. The van der Waals surface area contributed by atoms with Crippen LogP contribution in [0.25, 0.3) is 0 Å². The Balaban J connectivity index is 1.96. The Morgan fingerprint density at radius 2 is 1.61 bits per heavy atom. The predicted octanol–water partition coefficient (Wildman–Crippen LogP) is 2.67. The van der Waals surface area contributed by atoms with E-state index in [1.807, 2.05) is 0 Å². The van der Waals surface area contributed by atoms with Crippen LogP contribution >= 0.6 is 0 Å². The Morgan fingerprint density at radius 1 is 1.00 bits per heavy atom. The van der Waals surface area contributed by atoms with Gasteiger partial charge in [-0.2, -0.15) is 13.2 Å². The molecular weight excluding hydrogens is 241 g/mol. The summed E-state index contributed by atoms with van der Waals surface area (Å²) in [5.74, 6) is 0. The lowest BCUT2D eigenvalue weighted by Crippen LogP contribution is -2.40. The van der Waals surface area contributed by atoms with Gasteiger partial charge in [0.05, 0.1) is 6.54 Å². The lowest BCUT2D eigenvalue weighted by atomic mass is 10.0. The topological polar surface area (TPSA) is 6.48 Å². The molecule has 0 aromatic rings. The van der Waals surface area contributed by atoms with Crippen molar-refractivity contribution >= 4 is 0 Å². The second-order valence-corrected chi connectivity index (χ2v) is 6.31. The zero-order valence-corrected chi connectivity index (χ0v) is 11.3. The van der Waals surface area contributed by atoms with Crippen LogP contribution in [-0.2, 0) is 0 Å². The molecule has 0 aromatic carbocycles. The Hall–Kier alpha value is -0.550. The second kappa shape index (κ2) is 4.53. The smallest absolute Gasteiger partial charge is 0.291 e. The van der Waals surface area contributed by atoms with Gasteiger partial charge in [0.1, 0.15) is 0 Å². The first-order valence-electron chi connectivity index (χ1n) is 6.39. The van der Waals surface area contributed by atoms with Crippen molar-refractivity contribution in [2.24, 2.45) is 0 Å². The highest BCUT2D eigenvalue weighted by molar-refractivity contribution is 5.27. The molecule has 0 unspecified atom stereocenters. The standard InChI is InChI=1S/C13H21F3N2/c1-12(2,3)18-7-10-4-5-17(6-11(10)8-18)9-13(14,15)16/h4-9H2,1-3H3. The zero-order chi connectivity index (χ0) is 13.6. The summed E-state index contributed by atoms with van der Waals surface area (Å²) in [5, 5.41) is 0. The molecule has 0 atom stereocenters. The van der Waals surface area contributed by atoms with Gasteiger partial charge in [0.25, 0.3) is 0 Å². The van der Waals surface area contributed by atoms with Gasteiger partial charge in [0.2, 0.25) is 0 Å². The van der Waals surface area contributed by atoms with Gasteiger partial charge >= 0.3 is 6.18 Å². The van der Waals surface area contributed by atoms with Crippen molar-refractivity contribution in [3.63, 3.8) is 0 Å². The summed E-state index contributed by atoms with van der Waals surface area (Å²) in [6, 6.07) is 0. The highest BCUT2D eigenvalue weighted by Crippen LogP contribution is 2.31. The minimum absolute atomic E-state index is 0.0895. The maximum atomic E-state index is 12.4. The summed E-state index contributed by atoms with van der Waals surface area (Å²) in [7, 11) is 0. The van der Waals surface area contributed by atoms with Crippen LogP contribution in [0.2, 0.25) is 0 Å². The highest BCUT2D eigenvalue weighted by Gasteiger charge is 2.36. The average Bonchev–Trinajstić information content (AvgIpc) is 2.57. The summed E-state index contributed by atoms with van der Waals surface area (Å²) < 4.78 is 37.1. The first kappa shape index (κ1) is 13.9. The van der Waals surface area contributed by atoms with Crippen molar-refractivity contribution in [2.75, 3.05) is 32.7 Å². The molecule has 0 aliphatic carbocycles. The third-order valence-electron chi connectivity index (χ3n) is 3.76. The Bertz CT molecular complexity index is 352. The number of hydrogen-bond donors (Lipinski definition) is 0. The normalized spacial score (nSPS) is 23.7. The number of hydrogen-bond acceptors (Lipinski definition) is 2. The van der Waals surface area contributed by atoms with E-state index in [4.69, 9.17) is 0 Å². The molecule has 2 rings (SSSR count). The van der Waals surface area contributed by atoms with Crippen molar-refractivity contribution in [1.29, 1.82) is 0 Å². The Labute approximate surface area is 106 Å². The summed E-state index contributed by atoms with van der Waals surface area (Å²) in [5.41, 5.74) is 2.66. The molecule has 2 aliphatic rings. The largest absolute Gasteiger partial charge is 0.401 e. The van der Waals surface area contributed by atoms with Crippen LogP contribution in [0.4, 0.5) is 13.2 Å². The van der Waals surface area contributed by atoms with Crippen LogP contribution in [0, 0.1) is 0 Å². The van der Waals surface area contributed by atoms with Crippen molar-refractivity contribution < 1.29 is 13.2 Å². The molecule has 0 N–H and O–H groups in total. The number of alkyl halides is 3. The van der Waals surface area contributed by atoms with Crippen LogP contribution in [0.3, 0.4) is 0 Å². The van der Waals surface area contributed by atoms with Crippen LogP contribution in [0.15, 0.2) is 11.1 Å². The molecule has 2 heterocycles. The molecule has 2 nitrogen and oxygen atoms in total. The van der Waals surface area contributed by atoms with Gasteiger partial charge in [-0.25, -0.2) is 0 Å². The van der Waals surface area contributed by atoms with E-state index in [0.717, 1.165) is 19.5 Å². The zero-order valence-electron chi connectivity index (χ0n) is 11.3. The third-order valence-corrected chi connectivity index (χ3v) is 3.76. The lowest BCUT2D eigenvalue weighted by Gasteiger charge is -2.32. The Kier molecular flexibility index (Phi) is 3.49. The van der Waals surface area contributed by atoms with Crippen molar-refractivity contribution in [1.82, 2.24) is 9.80 Å². The van der Waals surface area contributed by atoms with E-state index in [-0.39, 0.29) is 5.54 Å². The maximum Gasteiger partial charge on any atom is 0.401 e. The number of nitrogens with zero attached hydrogens (tertiary/aromatic N) is 2. The first-order valence-corrected chi connectivity index (χ1v) is 6.39. The first-order chi connectivity index (χ1) is 8.15. The Morgan fingerprint density at radius 3 is 2.17 bits per heavy atom. The maximum absolute atomic E-state index is 12.4. The molecule has 18 heavy (non-hydrogen) atoms. The lowest BCUT2D eigenvalue weighted by molar-refractivity contribution is -0.145. The van der Waals surface area contributed by atoms with Gasteiger partial charge in [-0.1, -0.05) is 5.57 Å². The molecule has 0 saturated carbocycles. The van der Waals surface area contributed by atoms with E-state index >= 15 is 0 Å². The summed E-state index contributed by atoms with van der Waals surface area (Å²) >= 11 is 0. The van der Waals surface area contributed by atoms with E-state index in [2.05, 4.69) is 25.7 Å². The number of rotatable bonds is 1. The summed E-state index contributed by atoms with van der Waals surface area (Å²) in [4.78, 5) is 3.86. The summed E-state index contributed by atoms with van der Waals surface area (Å²) in [6.07, 6.45) is -3.29. The van der Waals surface area contributed by atoms with Gasteiger partial charge < -0.3 is 0 Å². The minimum atomic E-state index is -4.08. The molecule has 5 heteroatoms. The summed E-state index contributed by atoms with van der Waals surface area (Å²) in [6.45, 7) is 8.46. The van der Waals surface area contributed by atoms with Crippen LogP contribution in [0.1, 0.15) is 27.2 Å². The monoisotopic (exact) mass is 262 g/mol. The molecule has 0 bridgehead atoms. The molecule has 2 aliphatic heterocycles. The molecule has 104 valence electrons. The molecule has 0 amide bonds. The highest BCUT2D eigenvalue weighted by atomic mass is 19.4. The van der Waals surface area contributed by atoms with Crippen LogP contribution in [0.5, 0.6) is 0 Å². The van der Waals surface area contributed by atoms with Crippen LogP contribution in [-0.4, -0.2) is 54.2 Å². The minimum Gasteiger partial charge on any atom is -0.291 e.